The lowest BCUT2D eigenvalue weighted by Crippen LogP contribution is -2.27. The van der Waals surface area contributed by atoms with Gasteiger partial charge in [-0.3, -0.25) is 0 Å². The largest absolute Gasteiger partial charge is 0.509 e. The Balaban J connectivity index is 2.73. The van der Waals surface area contributed by atoms with Gasteiger partial charge < -0.3 is 15.3 Å². The minimum atomic E-state index is -1.14. The predicted molar refractivity (Wildman–Crippen MR) is 31.9 cm³/mol. The highest BCUT2D eigenvalue weighted by molar-refractivity contribution is 5.19. The molecule has 2 atom stereocenters. The highest BCUT2D eigenvalue weighted by atomic mass is 16.4. The van der Waals surface area contributed by atoms with E-state index in [2.05, 4.69) is 0 Å². The molecule has 3 heteroatoms. The molecule has 0 heterocycles. The standard InChI is InChI=1S/C6H8O3/c7-4-2-1-3-5(8)6(4)9/h1-4,6-9H. The summed E-state index contributed by atoms with van der Waals surface area (Å²) in [6.45, 7) is 0. The summed E-state index contributed by atoms with van der Waals surface area (Å²) in [5, 5.41) is 26.4. The van der Waals surface area contributed by atoms with Gasteiger partial charge in [0.2, 0.25) is 0 Å². The van der Waals surface area contributed by atoms with Crippen molar-refractivity contribution in [3.05, 3.63) is 24.0 Å². The number of aliphatic hydroxyl groups excluding tert-OH is 3. The summed E-state index contributed by atoms with van der Waals surface area (Å²) in [7, 11) is 0. The highest BCUT2D eigenvalue weighted by Gasteiger charge is 2.19. The number of allylic oxidation sites excluding steroid dienone is 2. The minimum Gasteiger partial charge on any atom is -0.509 e. The van der Waals surface area contributed by atoms with Crippen LogP contribution in [0.4, 0.5) is 0 Å². The van der Waals surface area contributed by atoms with E-state index in [1.165, 1.54) is 18.2 Å². The van der Waals surface area contributed by atoms with Crippen LogP contribution in [-0.4, -0.2) is 27.5 Å². The molecule has 0 aromatic rings. The van der Waals surface area contributed by atoms with E-state index in [1.807, 2.05) is 0 Å². The Hall–Kier alpha value is -0.800. The molecule has 0 saturated carbocycles. The molecule has 0 aliphatic heterocycles. The van der Waals surface area contributed by atoms with E-state index in [1.54, 1.807) is 0 Å². The van der Waals surface area contributed by atoms with E-state index in [0.717, 1.165) is 0 Å². The van der Waals surface area contributed by atoms with Crippen molar-refractivity contribution >= 4 is 0 Å². The van der Waals surface area contributed by atoms with Gasteiger partial charge in [-0.1, -0.05) is 12.2 Å². The van der Waals surface area contributed by atoms with Gasteiger partial charge in [-0.05, 0) is 6.08 Å². The van der Waals surface area contributed by atoms with E-state index in [4.69, 9.17) is 15.3 Å². The molecule has 1 aliphatic rings. The number of hydrogen-bond donors (Lipinski definition) is 3. The molecule has 0 radical (unpaired) electrons. The second-order valence-electron chi connectivity index (χ2n) is 1.91. The SMILES string of the molecule is OC1=CC=CC(O)C1O. The van der Waals surface area contributed by atoms with Crippen LogP contribution < -0.4 is 0 Å². The van der Waals surface area contributed by atoms with Crippen molar-refractivity contribution < 1.29 is 15.3 Å². The smallest absolute Gasteiger partial charge is 0.140 e. The zero-order valence-corrected chi connectivity index (χ0v) is 4.73. The van der Waals surface area contributed by atoms with Crippen LogP contribution in [0.2, 0.25) is 0 Å². The van der Waals surface area contributed by atoms with Gasteiger partial charge >= 0.3 is 0 Å². The maximum atomic E-state index is 8.83. The Bertz CT molecular complexity index is 160. The predicted octanol–water partition coefficient (Wildman–Crippen LogP) is -0.280. The van der Waals surface area contributed by atoms with Crippen LogP contribution in [0.3, 0.4) is 0 Å². The first-order valence-electron chi connectivity index (χ1n) is 2.65. The summed E-state index contributed by atoms with van der Waals surface area (Å²) in [5.41, 5.74) is 0. The Morgan fingerprint density at radius 3 is 2.44 bits per heavy atom. The van der Waals surface area contributed by atoms with E-state index < -0.39 is 12.2 Å². The molecule has 1 aliphatic carbocycles. The van der Waals surface area contributed by atoms with Gasteiger partial charge in [0.25, 0.3) is 0 Å². The molecule has 0 amide bonds. The van der Waals surface area contributed by atoms with Gasteiger partial charge in [0.15, 0.2) is 0 Å². The Labute approximate surface area is 52.6 Å². The fourth-order valence-corrected chi connectivity index (χ4v) is 0.647. The van der Waals surface area contributed by atoms with Crippen LogP contribution in [0.25, 0.3) is 0 Å². The topological polar surface area (TPSA) is 60.7 Å². The Morgan fingerprint density at radius 1 is 1.33 bits per heavy atom. The fourth-order valence-electron chi connectivity index (χ4n) is 0.647. The average Bonchev–Trinajstić information content (AvgIpc) is 1.83. The fraction of sp³-hybridized carbons (Fsp3) is 0.333. The first-order chi connectivity index (χ1) is 4.22. The Kier molecular flexibility index (Phi) is 1.55. The molecule has 50 valence electrons. The van der Waals surface area contributed by atoms with Crippen LogP contribution in [0.15, 0.2) is 24.0 Å². The van der Waals surface area contributed by atoms with Crippen molar-refractivity contribution in [2.45, 2.75) is 12.2 Å². The van der Waals surface area contributed by atoms with Gasteiger partial charge in [-0.15, -0.1) is 0 Å². The van der Waals surface area contributed by atoms with E-state index in [0.29, 0.717) is 0 Å². The number of hydrogen-bond acceptors (Lipinski definition) is 3. The summed E-state index contributed by atoms with van der Waals surface area (Å²) in [5.74, 6) is -0.190. The zero-order chi connectivity index (χ0) is 6.85. The lowest BCUT2D eigenvalue weighted by molar-refractivity contribution is 0.0433. The van der Waals surface area contributed by atoms with Gasteiger partial charge in [-0.2, -0.15) is 0 Å². The summed E-state index contributed by atoms with van der Waals surface area (Å²) in [4.78, 5) is 0. The summed E-state index contributed by atoms with van der Waals surface area (Å²) >= 11 is 0. The van der Waals surface area contributed by atoms with Crippen molar-refractivity contribution in [3.63, 3.8) is 0 Å². The summed E-state index contributed by atoms with van der Waals surface area (Å²) < 4.78 is 0. The minimum absolute atomic E-state index is 0.190. The van der Waals surface area contributed by atoms with Crippen molar-refractivity contribution in [3.8, 4) is 0 Å². The monoisotopic (exact) mass is 128 g/mol. The van der Waals surface area contributed by atoms with Crippen molar-refractivity contribution in [1.82, 2.24) is 0 Å². The molecule has 3 nitrogen and oxygen atoms in total. The molecule has 9 heavy (non-hydrogen) atoms. The van der Waals surface area contributed by atoms with E-state index in [-0.39, 0.29) is 5.76 Å². The van der Waals surface area contributed by atoms with Crippen LogP contribution in [0.5, 0.6) is 0 Å². The maximum Gasteiger partial charge on any atom is 0.140 e. The molecule has 2 unspecified atom stereocenters. The van der Waals surface area contributed by atoms with Gasteiger partial charge in [-0.25, -0.2) is 0 Å². The Morgan fingerprint density at radius 2 is 2.00 bits per heavy atom. The van der Waals surface area contributed by atoms with Crippen LogP contribution >= 0.6 is 0 Å². The second-order valence-corrected chi connectivity index (χ2v) is 1.91. The van der Waals surface area contributed by atoms with Gasteiger partial charge in [0.1, 0.15) is 18.0 Å². The molecule has 1 rings (SSSR count). The molecule has 0 bridgehead atoms. The molecule has 0 fully saturated rings. The van der Waals surface area contributed by atoms with Crippen LogP contribution in [0.1, 0.15) is 0 Å². The zero-order valence-electron chi connectivity index (χ0n) is 4.73. The summed E-state index contributed by atoms with van der Waals surface area (Å²) in [6, 6.07) is 0. The van der Waals surface area contributed by atoms with Crippen molar-refractivity contribution in [2.75, 3.05) is 0 Å². The van der Waals surface area contributed by atoms with E-state index >= 15 is 0 Å². The normalized spacial score (nSPS) is 34.2. The third-order valence-corrected chi connectivity index (χ3v) is 1.20. The molecule has 0 aromatic carbocycles. The second kappa shape index (κ2) is 2.21. The van der Waals surface area contributed by atoms with E-state index in [9.17, 15) is 0 Å². The third-order valence-electron chi connectivity index (χ3n) is 1.20. The van der Waals surface area contributed by atoms with Crippen LogP contribution in [0, 0.1) is 0 Å². The first kappa shape index (κ1) is 6.32. The lowest BCUT2D eigenvalue weighted by Gasteiger charge is -2.15. The quantitative estimate of drug-likeness (QED) is 0.420. The molecule has 0 aromatic heterocycles. The lowest BCUT2D eigenvalue weighted by atomic mass is 10.1. The number of aliphatic hydroxyl groups is 3. The van der Waals surface area contributed by atoms with Crippen LogP contribution in [-0.2, 0) is 0 Å². The molecule has 0 spiro atoms. The summed E-state index contributed by atoms with van der Waals surface area (Å²) in [6.07, 6.45) is 2.14. The first-order valence-corrected chi connectivity index (χ1v) is 2.65. The maximum absolute atomic E-state index is 8.83. The van der Waals surface area contributed by atoms with Gasteiger partial charge in [0, 0.05) is 0 Å². The molecular formula is C6H8O3. The van der Waals surface area contributed by atoms with Gasteiger partial charge in [0.05, 0.1) is 0 Å². The van der Waals surface area contributed by atoms with Crippen molar-refractivity contribution in [1.29, 1.82) is 0 Å². The molecule has 0 saturated heterocycles. The highest BCUT2D eigenvalue weighted by Crippen LogP contribution is 2.09. The third kappa shape index (κ3) is 1.12. The number of rotatable bonds is 0. The molecular weight excluding hydrogens is 120 g/mol. The molecule has 3 N–H and O–H groups in total. The van der Waals surface area contributed by atoms with Crippen molar-refractivity contribution in [2.24, 2.45) is 0 Å². The average molecular weight is 128 g/mol.